The van der Waals surface area contributed by atoms with Crippen molar-refractivity contribution in [3.63, 3.8) is 0 Å². The first-order valence-electron chi connectivity index (χ1n) is 25.5. The summed E-state index contributed by atoms with van der Waals surface area (Å²) in [6, 6.07) is 40.3. The summed E-state index contributed by atoms with van der Waals surface area (Å²) in [5.41, 5.74) is 3.87. The number of hydrogen-bond acceptors (Lipinski definition) is 9. The molecule has 5 aromatic carbocycles. The second kappa shape index (κ2) is 25.7. The van der Waals surface area contributed by atoms with Gasteiger partial charge >= 0.3 is 0 Å². The zero-order chi connectivity index (χ0) is 53.5. The lowest BCUT2D eigenvalue weighted by atomic mass is 9.77. The number of benzene rings is 5. The average Bonchev–Trinajstić information content (AvgIpc) is 3.88. The number of nitrogens with zero attached hydrogens (tertiary/aromatic N) is 2. The van der Waals surface area contributed by atoms with Gasteiger partial charge in [0.15, 0.2) is 6.10 Å². The van der Waals surface area contributed by atoms with Crippen molar-refractivity contribution in [3.8, 4) is 5.75 Å². The van der Waals surface area contributed by atoms with Crippen molar-refractivity contribution < 1.29 is 38.6 Å². The van der Waals surface area contributed by atoms with Crippen LogP contribution >= 0.6 is 0 Å². The highest BCUT2D eigenvalue weighted by molar-refractivity contribution is 5.94. The van der Waals surface area contributed by atoms with Crippen molar-refractivity contribution in [2.24, 2.45) is 11.8 Å². The number of ether oxygens (including phenoxy) is 1. The van der Waals surface area contributed by atoms with Crippen LogP contribution in [0.1, 0.15) is 74.6 Å². The summed E-state index contributed by atoms with van der Waals surface area (Å²) >= 11 is 0. The fourth-order valence-corrected chi connectivity index (χ4v) is 9.45. The zero-order valence-corrected chi connectivity index (χ0v) is 43.1. The highest BCUT2D eigenvalue weighted by Gasteiger charge is 2.40. The average molecular weight is 1020 g/mol. The Bertz CT molecular complexity index is 2750. The van der Waals surface area contributed by atoms with Crippen molar-refractivity contribution in [2.45, 2.75) is 102 Å². The minimum absolute atomic E-state index is 0.00215. The molecule has 16 nitrogen and oxygen atoms in total. The van der Waals surface area contributed by atoms with Crippen LogP contribution in [0.3, 0.4) is 0 Å². The van der Waals surface area contributed by atoms with E-state index in [4.69, 9.17) is 9.72 Å². The number of fused-ring (bicyclic) bond motifs is 12. The molecule has 2 aliphatic heterocycles. The molecule has 6 atom stereocenters. The number of carbonyl (C=O) groups excluding carboxylic acids is 6. The Kier molecular flexibility index (Phi) is 18.7. The van der Waals surface area contributed by atoms with Crippen LogP contribution in [0.5, 0.6) is 5.75 Å². The third kappa shape index (κ3) is 13.9. The Labute approximate surface area is 438 Å². The lowest BCUT2D eigenvalue weighted by Gasteiger charge is -2.37. The van der Waals surface area contributed by atoms with Gasteiger partial charge in [-0.1, -0.05) is 161 Å². The predicted molar refractivity (Wildman–Crippen MR) is 285 cm³/mol. The highest BCUT2D eigenvalue weighted by Crippen LogP contribution is 2.41. The number of aromatic nitrogens is 2. The van der Waals surface area contributed by atoms with E-state index in [9.17, 15) is 33.9 Å². The number of aliphatic hydroxyl groups is 1. The van der Waals surface area contributed by atoms with E-state index < -0.39 is 77.3 Å². The number of rotatable bonds is 18. The molecule has 392 valence electrons. The predicted octanol–water partition coefficient (Wildman–Crippen LogP) is 4.77. The van der Waals surface area contributed by atoms with Gasteiger partial charge in [-0.05, 0) is 64.6 Å². The van der Waals surface area contributed by atoms with Gasteiger partial charge in [0.05, 0.1) is 24.7 Å². The molecule has 0 spiro atoms. The smallest absolute Gasteiger partial charge is 0.251 e. The minimum atomic E-state index is -1.90. The number of imidazole rings is 1. The van der Waals surface area contributed by atoms with Crippen molar-refractivity contribution in [1.82, 2.24) is 41.5 Å². The fraction of sp³-hybridized carbons (Fsp3) is 0.339. The van der Waals surface area contributed by atoms with E-state index in [0.717, 1.165) is 16.7 Å². The van der Waals surface area contributed by atoms with Crippen molar-refractivity contribution in [2.75, 3.05) is 13.2 Å². The van der Waals surface area contributed by atoms with Crippen molar-refractivity contribution >= 4 is 35.4 Å². The topological polar surface area (TPSA) is 222 Å². The van der Waals surface area contributed by atoms with Crippen LogP contribution in [-0.4, -0.2) is 99.6 Å². The lowest BCUT2D eigenvalue weighted by Crippen LogP contribution is -2.61. The van der Waals surface area contributed by atoms with Gasteiger partial charge in [0.25, 0.3) is 5.91 Å². The molecular weight excluding hydrogens is 949 g/mol. The molecule has 6 amide bonds. The number of aliphatic hydroxyl groups excluding tert-OH is 1. The largest absolute Gasteiger partial charge is 0.494 e. The Balaban J connectivity index is 1.12. The number of amides is 6. The van der Waals surface area contributed by atoms with Crippen LogP contribution in [0.25, 0.3) is 0 Å². The van der Waals surface area contributed by atoms with Gasteiger partial charge in [-0.15, -0.1) is 0 Å². The molecule has 0 aliphatic carbocycles. The van der Waals surface area contributed by atoms with Crippen molar-refractivity contribution in [1.29, 1.82) is 0 Å². The molecule has 8 rings (SSSR count). The van der Waals surface area contributed by atoms with E-state index in [-0.39, 0.29) is 31.1 Å². The van der Waals surface area contributed by atoms with E-state index >= 15 is 0 Å². The molecule has 7 N–H and O–H groups in total. The first-order chi connectivity index (χ1) is 36.1. The summed E-state index contributed by atoms with van der Waals surface area (Å²) < 4.78 is 7.84. The van der Waals surface area contributed by atoms with Gasteiger partial charge in [0.2, 0.25) is 29.5 Å². The maximum atomic E-state index is 14.5. The summed E-state index contributed by atoms with van der Waals surface area (Å²) in [4.78, 5) is 88.1. The monoisotopic (exact) mass is 1020 g/mol. The maximum absolute atomic E-state index is 14.5. The standard InChI is InChI=1S/C59H68N8O8/c1-38(2)51-56(72)60-31-18-32-75-47-29-27-42(28-30-47)34-49(54(70)65-51)64-58(74)53(69)48(33-41-19-10-6-11-20-41)63-57(73)52(39(3)4)66-55(71)50(62-40(5)68)35-46-36-67(37-61-46)59(43-21-12-7-13-22-43,44-23-14-8-15-24-44)45-25-16-9-17-26-45/h6-17,19-30,36-39,48-53,69H,18,31-35H2,1-5H3,(H,60,72)(H,62,68)(H,63,73)(H,64,74)(H,65,70)(H,66,71)/t48-,49-,50-,51-,52-,53?/m0/s1. The molecule has 3 heterocycles. The minimum Gasteiger partial charge on any atom is -0.494 e. The van der Waals surface area contributed by atoms with Gasteiger partial charge in [-0.3, -0.25) is 28.8 Å². The van der Waals surface area contributed by atoms with E-state index in [2.05, 4.69) is 68.3 Å². The molecule has 0 saturated heterocycles. The van der Waals surface area contributed by atoms with Crippen LogP contribution < -0.4 is 36.6 Å². The van der Waals surface area contributed by atoms with Gasteiger partial charge < -0.3 is 46.3 Å². The second-order valence-electron chi connectivity index (χ2n) is 19.7. The molecule has 0 fully saturated rings. The first-order valence-corrected chi connectivity index (χ1v) is 25.5. The fourth-order valence-electron chi connectivity index (χ4n) is 9.45. The Morgan fingerprint density at radius 1 is 0.720 bits per heavy atom. The molecule has 0 saturated carbocycles. The SMILES string of the molecule is CC(=O)N[C@@H](Cc1cn(C(c2ccccc2)(c2ccccc2)c2ccccc2)cn1)C(=O)N[C@H](C(=O)N[C@@H](Cc1ccccc1)C(O)C(=O)N[C@H]1Cc2ccc(cc2)OCCCNC(=O)[C@H](C(C)C)NC1=O)C(C)C. The number of carbonyl (C=O) groups is 6. The summed E-state index contributed by atoms with van der Waals surface area (Å²) in [6.45, 7) is 9.06. The van der Waals surface area contributed by atoms with E-state index in [1.807, 2.05) is 71.4 Å². The van der Waals surface area contributed by atoms with Crippen LogP contribution in [-0.2, 0) is 53.6 Å². The summed E-state index contributed by atoms with van der Waals surface area (Å²) in [5.74, 6) is -4.04. The normalized spacial score (nSPS) is 16.9. The van der Waals surface area contributed by atoms with Gasteiger partial charge in [-0.25, -0.2) is 4.98 Å². The molecule has 1 unspecified atom stereocenters. The van der Waals surface area contributed by atoms with Crippen molar-refractivity contribution in [3.05, 3.63) is 192 Å². The first kappa shape index (κ1) is 54.7. The van der Waals surface area contributed by atoms with E-state index in [0.29, 0.717) is 42.1 Å². The van der Waals surface area contributed by atoms with Crippen LogP contribution in [0.2, 0.25) is 0 Å². The van der Waals surface area contributed by atoms with Gasteiger partial charge in [0.1, 0.15) is 35.5 Å². The Hall–Kier alpha value is -8.11. The van der Waals surface area contributed by atoms with E-state index in [1.165, 1.54) is 6.92 Å². The lowest BCUT2D eigenvalue weighted by molar-refractivity contribution is -0.137. The molecule has 2 aliphatic rings. The highest BCUT2D eigenvalue weighted by atomic mass is 16.5. The Morgan fingerprint density at radius 3 is 1.84 bits per heavy atom. The molecular formula is C59H68N8O8. The summed E-state index contributed by atoms with van der Waals surface area (Å²) in [5, 5.41) is 28.8. The molecule has 16 heteroatoms. The molecule has 75 heavy (non-hydrogen) atoms. The van der Waals surface area contributed by atoms with Crippen LogP contribution in [0, 0.1) is 11.8 Å². The third-order valence-corrected chi connectivity index (χ3v) is 13.4. The molecule has 1 aromatic heterocycles. The third-order valence-electron chi connectivity index (χ3n) is 13.4. The summed E-state index contributed by atoms with van der Waals surface area (Å²) in [7, 11) is 0. The van der Waals surface area contributed by atoms with Gasteiger partial charge in [-0.2, -0.15) is 0 Å². The zero-order valence-electron chi connectivity index (χ0n) is 43.1. The summed E-state index contributed by atoms with van der Waals surface area (Å²) in [6.07, 6.45) is 2.17. The molecule has 6 aromatic rings. The second-order valence-corrected chi connectivity index (χ2v) is 19.7. The van der Waals surface area contributed by atoms with Gasteiger partial charge in [0, 0.05) is 32.5 Å². The quantitative estimate of drug-likeness (QED) is 0.0589. The molecule has 2 bridgehead atoms. The maximum Gasteiger partial charge on any atom is 0.251 e. The van der Waals surface area contributed by atoms with Crippen LogP contribution in [0.4, 0.5) is 0 Å². The number of hydrogen-bond donors (Lipinski definition) is 7. The van der Waals surface area contributed by atoms with Crippen LogP contribution in [0.15, 0.2) is 158 Å². The Morgan fingerprint density at radius 2 is 1.29 bits per heavy atom. The van der Waals surface area contributed by atoms with E-state index in [1.54, 1.807) is 82.6 Å². The molecule has 0 radical (unpaired) electrons. The number of nitrogens with one attached hydrogen (secondary N) is 6.